The van der Waals surface area contributed by atoms with Crippen LogP contribution in [0.1, 0.15) is 26.2 Å². The topological polar surface area (TPSA) is 46.5 Å². The minimum atomic E-state index is -0.626. The summed E-state index contributed by atoms with van der Waals surface area (Å²) in [5, 5.41) is 9.45. The second kappa shape index (κ2) is 7.55. The second-order valence-electron chi connectivity index (χ2n) is 2.59. The second-order valence-corrected chi connectivity index (χ2v) is 3.23. The lowest BCUT2D eigenvalue weighted by Crippen LogP contribution is -2.17. The Kier molecular flexibility index (Phi) is 7.50. The minimum Gasteiger partial charge on any atom is -0.466 e. The zero-order valence-electron chi connectivity index (χ0n) is 7.25. The fourth-order valence-corrected chi connectivity index (χ4v) is 0.865. The lowest BCUT2D eigenvalue weighted by Gasteiger charge is -2.06. The van der Waals surface area contributed by atoms with Gasteiger partial charge >= 0.3 is 5.97 Å². The molecule has 1 N–H and O–H groups in total. The molecule has 0 amide bonds. The molecule has 0 aliphatic carbocycles. The maximum absolute atomic E-state index is 10.9. The predicted molar refractivity (Wildman–Crippen MR) is 50.3 cm³/mol. The van der Waals surface area contributed by atoms with Crippen LogP contribution in [0.5, 0.6) is 0 Å². The van der Waals surface area contributed by atoms with Gasteiger partial charge in [-0.15, -0.1) is 0 Å². The molecule has 0 saturated carbocycles. The van der Waals surface area contributed by atoms with Crippen molar-refractivity contribution < 1.29 is 14.6 Å². The van der Waals surface area contributed by atoms with E-state index in [1.165, 1.54) is 0 Å². The summed E-state index contributed by atoms with van der Waals surface area (Å²) < 4.78 is 4.84. The Balaban J connectivity index is 3.33. The third kappa shape index (κ3) is 6.61. The zero-order chi connectivity index (χ0) is 9.40. The molecule has 12 heavy (non-hydrogen) atoms. The Morgan fingerprint density at radius 1 is 1.67 bits per heavy atom. The van der Waals surface area contributed by atoms with Crippen LogP contribution in [0.4, 0.5) is 0 Å². The molecule has 0 bridgehead atoms. The van der Waals surface area contributed by atoms with Gasteiger partial charge in [0.05, 0.1) is 19.1 Å². The van der Waals surface area contributed by atoms with Crippen molar-refractivity contribution in [3.63, 3.8) is 0 Å². The van der Waals surface area contributed by atoms with Gasteiger partial charge in [0.1, 0.15) is 0 Å². The number of carbonyl (C=O) groups is 1. The molecule has 1 unspecified atom stereocenters. The molecule has 0 aliphatic rings. The monoisotopic (exact) mass is 238 g/mol. The average Bonchev–Trinajstić information content (AvgIpc) is 2.05. The molecule has 72 valence electrons. The van der Waals surface area contributed by atoms with Crippen LogP contribution in [0.3, 0.4) is 0 Å². The molecule has 0 aromatic carbocycles. The molecule has 0 rings (SSSR count). The van der Waals surface area contributed by atoms with Gasteiger partial charge in [0, 0.05) is 5.33 Å². The van der Waals surface area contributed by atoms with Gasteiger partial charge < -0.3 is 9.84 Å². The van der Waals surface area contributed by atoms with Crippen molar-refractivity contribution in [2.24, 2.45) is 0 Å². The molecular weight excluding hydrogens is 224 g/mol. The van der Waals surface area contributed by atoms with E-state index in [4.69, 9.17) is 9.84 Å². The van der Waals surface area contributed by atoms with Crippen LogP contribution in [-0.2, 0) is 9.53 Å². The highest BCUT2D eigenvalue weighted by Gasteiger charge is 2.09. The molecule has 4 heteroatoms. The molecule has 0 fully saturated rings. The molecule has 0 radical (unpaired) electrons. The Labute approximate surface area is 81.2 Å². The van der Waals surface area contributed by atoms with E-state index in [0.717, 1.165) is 12.8 Å². The minimum absolute atomic E-state index is 0.0783. The summed E-state index contributed by atoms with van der Waals surface area (Å²) in [5.74, 6) is -0.324. The molecule has 0 aromatic heterocycles. The third-order valence-corrected chi connectivity index (χ3v) is 2.09. The predicted octanol–water partition coefficient (Wildman–Crippen LogP) is 1.48. The van der Waals surface area contributed by atoms with Gasteiger partial charge in [-0.3, -0.25) is 4.79 Å². The van der Waals surface area contributed by atoms with E-state index in [-0.39, 0.29) is 12.4 Å². The standard InChI is InChI=1S/C8H15BrO3/c1-2-3-4-12-8(11)5-7(10)6-9/h7,10H,2-6H2,1H3. The highest BCUT2D eigenvalue weighted by Crippen LogP contribution is 1.99. The van der Waals surface area contributed by atoms with Crippen molar-refractivity contribution in [1.29, 1.82) is 0 Å². The number of aliphatic hydroxyl groups is 1. The molecule has 0 saturated heterocycles. The van der Waals surface area contributed by atoms with Gasteiger partial charge in [-0.25, -0.2) is 0 Å². The molecule has 0 spiro atoms. The molecule has 1 atom stereocenters. The smallest absolute Gasteiger partial charge is 0.308 e. The number of esters is 1. The van der Waals surface area contributed by atoms with Gasteiger partial charge in [-0.2, -0.15) is 0 Å². The lowest BCUT2D eigenvalue weighted by atomic mass is 10.3. The van der Waals surface area contributed by atoms with Crippen LogP contribution in [0.25, 0.3) is 0 Å². The lowest BCUT2D eigenvalue weighted by molar-refractivity contribution is -0.145. The first-order valence-electron chi connectivity index (χ1n) is 4.10. The van der Waals surface area contributed by atoms with E-state index in [2.05, 4.69) is 15.9 Å². The summed E-state index contributed by atoms with van der Waals surface area (Å²) in [6.45, 7) is 2.49. The number of ether oxygens (including phenoxy) is 1. The van der Waals surface area contributed by atoms with Crippen LogP contribution >= 0.6 is 15.9 Å². The maximum Gasteiger partial charge on any atom is 0.308 e. The van der Waals surface area contributed by atoms with Crippen molar-refractivity contribution in [3.05, 3.63) is 0 Å². The number of carbonyl (C=O) groups excluding carboxylic acids is 1. The fraction of sp³-hybridized carbons (Fsp3) is 0.875. The van der Waals surface area contributed by atoms with Gasteiger partial charge in [-0.1, -0.05) is 29.3 Å². The quantitative estimate of drug-likeness (QED) is 0.433. The zero-order valence-corrected chi connectivity index (χ0v) is 8.84. The van der Waals surface area contributed by atoms with E-state index in [1.54, 1.807) is 0 Å². The fourth-order valence-electron chi connectivity index (χ4n) is 0.636. The SMILES string of the molecule is CCCCOC(=O)CC(O)CBr. The van der Waals surface area contributed by atoms with Crippen LogP contribution in [0, 0.1) is 0 Å². The van der Waals surface area contributed by atoms with Crippen molar-refractivity contribution in [2.75, 3.05) is 11.9 Å². The Morgan fingerprint density at radius 3 is 2.83 bits per heavy atom. The van der Waals surface area contributed by atoms with Crippen molar-refractivity contribution in [1.82, 2.24) is 0 Å². The number of unbranched alkanes of at least 4 members (excludes halogenated alkanes) is 1. The Hall–Kier alpha value is -0.0900. The Bertz CT molecular complexity index is 127. The van der Waals surface area contributed by atoms with Crippen LogP contribution in [0.15, 0.2) is 0 Å². The van der Waals surface area contributed by atoms with E-state index in [9.17, 15) is 4.79 Å². The summed E-state index contributed by atoms with van der Waals surface area (Å²) in [6, 6.07) is 0. The van der Waals surface area contributed by atoms with Crippen molar-refractivity contribution in [2.45, 2.75) is 32.3 Å². The van der Waals surface area contributed by atoms with Gasteiger partial charge in [-0.05, 0) is 6.42 Å². The van der Waals surface area contributed by atoms with E-state index in [1.807, 2.05) is 6.92 Å². The number of halogens is 1. The highest BCUT2D eigenvalue weighted by molar-refractivity contribution is 9.09. The summed E-state index contributed by atoms with van der Waals surface area (Å²) >= 11 is 3.07. The normalized spacial score (nSPS) is 12.6. The number of hydrogen-bond acceptors (Lipinski definition) is 3. The van der Waals surface area contributed by atoms with Crippen molar-refractivity contribution >= 4 is 21.9 Å². The van der Waals surface area contributed by atoms with Gasteiger partial charge in [0.2, 0.25) is 0 Å². The van der Waals surface area contributed by atoms with E-state index in [0.29, 0.717) is 11.9 Å². The average molecular weight is 239 g/mol. The molecule has 3 nitrogen and oxygen atoms in total. The summed E-state index contributed by atoms with van der Waals surface area (Å²) in [4.78, 5) is 10.9. The first kappa shape index (κ1) is 11.9. The van der Waals surface area contributed by atoms with Crippen LogP contribution in [0.2, 0.25) is 0 Å². The third-order valence-electron chi connectivity index (χ3n) is 1.34. The molecule has 0 heterocycles. The Morgan fingerprint density at radius 2 is 2.33 bits per heavy atom. The number of alkyl halides is 1. The van der Waals surface area contributed by atoms with Crippen LogP contribution in [-0.4, -0.2) is 29.1 Å². The number of rotatable bonds is 6. The molecular formula is C8H15BrO3. The number of aliphatic hydroxyl groups excluding tert-OH is 1. The first-order valence-corrected chi connectivity index (χ1v) is 5.22. The van der Waals surface area contributed by atoms with Gasteiger partial charge in [0.25, 0.3) is 0 Å². The summed E-state index contributed by atoms with van der Waals surface area (Å²) in [7, 11) is 0. The van der Waals surface area contributed by atoms with Gasteiger partial charge in [0.15, 0.2) is 0 Å². The van der Waals surface area contributed by atoms with E-state index >= 15 is 0 Å². The highest BCUT2D eigenvalue weighted by atomic mass is 79.9. The maximum atomic E-state index is 10.9. The van der Waals surface area contributed by atoms with Crippen LogP contribution < -0.4 is 0 Å². The number of hydrogen-bond donors (Lipinski definition) is 1. The first-order chi connectivity index (χ1) is 5.70. The van der Waals surface area contributed by atoms with Crippen molar-refractivity contribution in [3.8, 4) is 0 Å². The van der Waals surface area contributed by atoms with E-state index < -0.39 is 6.10 Å². The molecule has 0 aromatic rings. The largest absolute Gasteiger partial charge is 0.466 e. The summed E-state index contributed by atoms with van der Waals surface area (Å²) in [5.41, 5.74) is 0. The summed E-state index contributed by atoms with van der Waals surface area (Å²) in [6.07, 6.45) is 1.35. The molecule has 0 aliphatic heterocycles.